The number of aromatic nitrogens is 1. The lowest BCUT2D eigenvalue weighted by atomic mass is 10.1. The van der Waals surface area contributed by atoms with Crippen LogP contribution in [0.3, 0.4) is 0 Å². The van der Waals surface area contributed by atoms with Crippen LogP contribution in [0.15, 0.2) is 59.1 Å². The van der Waals surface area contributed by atoms with E-state index in [1.807, 2.05) is 44.2 Å². The number of thioether (sulfide) groups is 1. The summed E-state index contributed by atoms with van der Waals surface area (Å²) in [6.07, 6.45) is 0. The van der Waals surface area contributed by atoms with Crippen molar-refractivity contribution in [2.75, 3.05) is 11.6 Å². The number of hydrogen-bond donors (Lipinski definition) is 1. The molecule has 3 aromatic rings. The van der Waals surface area contributed by atoms with E-state index in [0.29, 0.717) is 41.9 Å². The molecule has 2 aromatic carbocycles. The van der Waals surface area contributed by atoms with E-state index in [-0.39, 0.29) is 11.8 Å². The van der Waals surface area contributed by atoms with Crippen LogP contribution in [0.2, 0.25) is 0 Å². The summed E-state index contributed by atoms with van der Waals surface area (Å²) in [5.74, 6) is 2.03. The molecule has 7 nitrogen and oxygen atoms in total. The van der Waals surface area contributed by atoms with Crippen LogP contribution >= 0.6 is 11.8 Å². The average molecular weight is 452 g/mol. The Bertz CT molecular complexity index is 1080. The summed E-state index contributed by atoms with van der Waals surface area (Å²) in [7, 11) is 0. The Kier molecular flexibility index (Phi) is 6.80. The highest BCUT2D eigenvalue weighted by Crippen LogP contribution is 2.25. The second-order valence-electron chi connectivity index (χ2n) is 7.61. The van der Waals surface area contributed by atoms with E-state index in [1.165, 1.54) is 0 Å². The van der Waals surface area contributed by atoms with Crippen LogP contribution in [0, 0.1) is 13.8 Å². The molecule has 2 amide bonds. The number of benzene rings is 2. The highest BCUT2D eigenvalue weighted by Gasteiger charge is 2.35. The smallest absolute Gasteiger partial charge is 0.255 e. The van der Waals surface area contributed by atoms with Gasteiger partial charge in [-0.25, -0.2) is 0 Å². The molecular weight excluding hydrogens is 426 g/mol. The van der Waals surface area contributed by atoms with Gasteiger partial charge < -0.3 is 19.5 Å². The number of hydrogen-bond acceptors (Lipinski definition) is 6. The Morgan fingerprint density at radius 1 is 1.19 bits per heavy atom. The predicted octanol–water partition coefficient (Wildman–Crippen LogP) is 3.70. The van der Waals surface area contributed by atoms with Gasteiger partial charge in [0.05, 0.1) is 17.1 Å². The van der Waals surface area contributed by atoms with Crippen LogP contribution in [0.25, 0.3) is 0 Å². The van der Waals surface area contributed by atoms with Gasteiger partial charge in [0, 0.05) is 17.9 Å². The third-order valence-electron chi connectivity index (χ3n) is 5.40. The van der Waals surface area contributed by atoms with Gasteiger partial charge >= 0.3 is 0 Å². The lowest BCUT2D eigenvalue weighted by Gasteiger charge is -2.23. The fourth-order valence-electron chi connectivity index (χ4n) is 3.51. The van der Waals surface area contributed by atoms with Gasteiger partial charge in [-0.05, 0) is 37.6 Å². The van der Waals surface area contributed by atoms with Crippen LogP contribution in [0.4, 0.5) is 0 Å². The van der Waals surface area contributed by atoms with Crippen molar-refractivity contribution in [3.63, 3.8) is 0 Å². The molecule has 0 bridgehead atoms. The van der Waals surface area contributed by atoms with Gasteiger partial charge in [0.25, 0.3) is 5.91 Å². The standard InChI is InChI=1S/C24H25N3O4S/c1-16-21(17(2)31-26-16)13-30-20-10-6-9-19(11-20)24(29)27-15-32-14-22(27)23(28)25-12-18-7-4-3-5-8-18/h3-11,22H,12-15H2,1-2H3,(H,25,28). The molecule has 0 saturated carbocycles. The number of aryl methyl sites for hydroxylation is 2. The molecule has 1 unspecified atom stereocenters. The summed E-state index contributed by atoms with van der Waals surface area (Å²) in [6, 6.07) is 16.3. The van der Waals surface area contributed by atoms with E-state index in [0.717, 1.165) is 16.8 Å². The fraction of sp³-hybridized carbons (Fsp3) is 0.292. The van der Waals surface area contributed by atoms with Crippen molar-refractivity contribution < 1.29 is 18.8 Å². The van der Waals surface area contributed by atoms with Crippen molar-refractivity contribution in [2.45, 2.75) is 33.0 Å². The van der Waals surface area contributed by atoms with Crippen molar-refractivity contribution in [2.24, 2.45) is 0 Å². The fourth-order valence-corrected chi connectivity index (χ4v) is 4.66. The molecule has 8 heteroatoms. The molecule has 1 aliphatic rings. The minimum atomic E-state index is -0.497. The summed E-state index contributed by atoms with van der Waals surface area (Å²) >= 11 is 1.57. The van der Waals surface area contributed by atoms with E-state index < -0.39 is 6.04 Å². The average Bonchev–Trinajstić information content (AvgIpc) is 3.43. The van der Waals surface area contributed by atoms with Crippen LogP contribution < -0.4 is 10.1 Å². The van der Waals surface area contributed by atoms with Crippen molar-refractivity contribution >= 4 is 23.6 Å². The Labute approximate surface area is 191 Å². The minimum absolute atomic E-state index is 0.141. The number of carbonyl (C=O) groups excluding carboxylic acids is 2. The molecule has 0 aliphatic carbocycles. The van der Waals surface area contributed by atoms with Gasteiger partial charge in [-0.2, -0.15) is 0 Å². The van der Waals surface area contributed by atoms with E-state index in [2.05, 4.69) is 10.5 Å². The van der Waals surface area contributed by atoms with Crippen LogP contribution in [0.5, 0.6) is 5.75 Å². The van der Waals surface area contributed by atoms with Crippen molar-refractivity contribution in [3.05, 3.63) is 82.7 Å². The third kappa shape index (κ3) is 4.96. The monoisotopic (exact) mass is 451 g/mol. The molecule has 1 aromatic heterocycles. The van der Waals surface area contributed by atoms with Gasteiger partial charge in [0.2, 0.25) is 5.91 Å². The highest BCUT2D eigenvalue weighted by molar-refractivity contribution is 7.99. The second kappa shape index (κ2) is 9.91. The Balaban J connectivity index is 1.40. The third-order valence-corrected chi connectivity index (χ3v) is 6.41. The molecular formula is C24H25N3O4S. The zero-order valence-electron chi connectivity index (χ0n) is 18.0. The van der Waals surface area contributed by atoms with E-state index in [1.54, 1.807) is 40.9 Å². The van der Waals surface area contributed by atoms with E-state index >= 15 is 0 Å². The topological polar surface area (TPSA) is 84.7 Å². The normalized spacial score (nSPS) is 15.6. The van der Waals surface area contributed by atoms with Crippen molar-refractivity contribution in [1.29, 1.82) is 0 Å². The predicted molar refractivity (Wildman–Crippen MR) is 122 cm³/mol. The van der Waals surface area contributed by atoms with Crippen LogP contribution in [-0.2, 0) is 17.9 Å². The van der Waals surface area contributed by atoms with Gasteiger partial charge in [0.1, 0.15) is 24.2 Å². The molecule has 1 atom stereocenters. The quantitative estimate of drug-likeness (QED) is 0.590. The first-order chi connectivity index (χ1) is 15.5. The SMILES string of the molecule is Cc1noc(C)c1COc1cccc(C(=O)N2CSCC2C(=O)NCc2ccccc2)c1. The summed E-state index contributed by atoms with van der Waals surface area (Å²) in [5, 5.41) is 6.88. The molecule has 1 saturated heterocycles. The first-order valence-corrected chi connectivity index (χ1v) is 11.5. The number of carbonyl (C=O) groups is 2. The summed E-state index contributed by atoms with van der Waals surface area (Å²) in [6.45, 7) is 4.45. The van der Waals surface area contributed by atoms with Crippen LogP contribution in [-0.4, -0.2) is 39.5 Å². The largest absolute Gasteiger partial charge is 0.489 e. The molecule has 0 radical (unpaired) electrons. The van der Waals surface area contributed by atoms with Crippen molar-refractivity contribution in [1.82, 2.24) is 15.4 Å². The zero-order chi connectivity index (χ0) is 22.5. The zero-order valence-corrected chi connectivity index (χ0v) is 18.9. The molecule has 0 spiro atoms. The molecule has 1 N–H and O–H groups in total. The van der Waals surface area contributed by atoms with Crippen molar-refractivity contribution in [3.8, 4) is 5.75 Å². The molecule has 1 fully saturated rings. The van der Waals surface area contributed by atoms with Gasteiger partial charge in [0.15, 0.2) is 0 Å². The maximum absolute atomic E-state index is 13.2. The van der Waals surface area contributed by atoms with Crippen LogP contribution in [0.1, 0.15) is 32.9 Å². The maximum atomic E-state index is 13.2. The summed E-state index contributed by atoms with van der Waals surface area (Å²) in [4.78, 5) is 27.6. The molecule has 2 heterocycles. The number of ether oxygens (including phenoxy) is 1. The first kappa shape index (κ1) is 22.0. The van der Waals surface area contributed by atoms with E-state index in [4.69, 9.17) is 9.26 Å². The molecule has 32 heavy (non-hydrogen) atoms. The number of amides is 2. The molecule has 166 valence electrons. The second-order valence-corrected chi connectivity index (χ2v) is 8.61. The lowest BCUT2D eigenvalue weighted by molar-refractivity contribution is -0.124. The summed E-state index contributed by atoms with van der Waals surface area (Å²) in [5.41, 5.74) is 3.19. The lowest BCUT2D eigenvalue weighted by Crippen LogP contribution is -2.47. The molecule has 1 aliphatic heterocycles. The number of nitrogens with zero attached hydrogens (tertiary/aromatic N) is 2. The molecule has 4 rings (SSSR count). The highest BCUT2D eigenvalue weighted by atomic mass is 32.2. The summed E-state index contributed by atoms with van der Waals surface area (Å²) < 4.78 is 11.0. The van der Waals surface area contributed by atoms with Gasteiger partial charge in [-0.15, -0.1) is 11.8 Å². The number of nitrogens with one attached hydrogen (secondary N) is 1. The van der Waals surface area contributed by atoms with Gasteiger partial charge in [-0.1, -0.05) is 41.6 Å². The Morgan fingerprint density at radius 2 is 2.00 bits per heavy atom. The minimum Gasteiger partial charge on any atom is -0.489 e. The first-order valence-electron chi connectivity index (χ1n) is 10.4. The Morgan fingerprint density at radius 3 is 2.75 bits per heavy atom. The number of rotatable bonds is 7. The Hall–Kier alpha value is -3.26. The van der Waals surface area contributed by atoms with E-state index in [9.17, 15) is 9.59 Å². The maximum Gasteiger partial charge on any atom is 0.255 e. The van der Waals surface area contributed by atoms with Gasteiger partial charge in [-0.3, -0.25) is 9.59 Å².